The number of carbonyl (C=O) groups excluding carboxylic acids is 1. The summed E-state index contributed by atoms with van der Waals surface area (Å²) in [7, 11) is 1.67. The molecular formula is C27H28FN3O3. The van der Waals surface area contributed by atoms with Gasteiger partial charge in [0.05, 0.1) is 13.3 Å². The maximum absolute atomic E-state index is 14.4. The summed E-state index contributed by atoms with van der Waals surface area (Å²) in [5, 5.41) is 3.05. The minimum absolute atomic E-state index is 0.107. The monoisotopic (exact) mass is 461 g/mol. The quantitative estimate of drug-likeness (QED) is 0.488. The number of ether oxygens (including phenoxy) is 2. The summed E-state index contributed by atoms with van der Waals surface area (Å²) in [6, 6.07) is 16.2. The number of hydrogen-bond acceptors (Lipinski definition) is 5. The molecule has 0 radical (unpaired) electrons. The largest absolute Gasteiger partial charge is 0.497 e. The summed E-state index contributed by atoms with van der Waals surface area (Å²) >= 11 is 0. The summed E-state index contributed by atoms with van der Waals surface area (Å²) in [6.07, 6.45) is 7.95. The Bertz CT molecular complexity index is 1130. The molecule has 1 fully saturated rings. The Morgan fingerprint density at radius 2 is 1.97 bits per heavy atom. The molecule has 34 heavy (non-hydrogen) atoms. The van der Waals surface area contributed by atoms with Crippen molar-refractivity contribution in [3.63, 3.8) is 0 Å². The fourth-order valence-electron chi connectivity index (χ4n) is 3.92. The molecule has 1 aliphatic heterocycles. The van der Waals surface area contributed by atoms with Crippen LogP contribution in [0, 0.1) is 5.82 Å². The molecule has 0 unspecified atom stereocenters. The van der Waals surface area contributed by atoms with Crippen LogP contribution in [0.25, 0.3) is 6.08 Å². The van der Waals surface area contributed by atoms with Crippen molar-refractivity contribution >= 4 is 12.0 Å². The molecular weight excluding hydrogens is 433 g/mol. The van der Waals surface area contributed by atoms with Gasteiger partial charge in [0, 0.05) is 37.9 Å². The van der Waals surface area contributed by atoms with Crippen LogP contribution in [0.15, 0.2) is 73.1 Å². The van der Waals surface area contributed by atoms with E-state index in [0.717, 1.165) is 38.2 Å². The molecule has 0 saturated carbocycles. The fourth-order valence-corrected chi connectivity index (χ4v) is 3.92. The first-order chi connectivity index (χ1) is 16.6. The maximum atomic E-state index is 14.4. The molecule has 0 spiro atoms. The molecule has 7 heteroatoms. The Balaban J connectivity index is 1.24. The third-order valence-corrected chi connectivity index (χ3v) is 5.72. The standard InChI is InChI=1S/C27H28FN3O3/c1-33-23-5-2-4-21(16-23)19-31-14-11-22(12-15-31)30-27(32)10-8-20-7-9-26(25(28)17-20)34-24-6-3-13-29-18-24/h2-10,13,16-18,22H,11-12,14-15,19H2,1H3,(H,30,32)/b10-8+. The predicted octanol–water partition coefficient (Wildman–Crippen LogP) is 4.82. The van der Waals surface area contributed by atoms with Crippen molar-refractivity contribution in [1.29, 1.82) is 0 Å². The highest BCUT2D eigenvalue weighted by Crippen LogP contribution is 2.25. The van der Waals surface area contributed by atoms with Gasteiger partial charge in [-0.1, -0.05) is 18.2 Å². The number of halogens is 1. The lowest BCUT2D eigenvalue weighted by atomic mass is 10.0. The van der Waals surface area contributed by atoms with E-state index in [9.17, 15) is 9.18 Å². The molecule has 176 valence electrons. The first-order valence-corrected chi connectivity index (χ1v) is 11.3. The number of nitrogens with one attached hydrogen (secondary N) is 1. The van der Waals surface area contributed by atoms with E-state index in [1.807, 2.05) is 12.1 Å². The molecule has 1 amide bonds. The van der Waals surface area contributed by atoms with E-state index in [1.165, 1.54) is 30.0 Å². The molecule has 2 heterocycles. The lowest BCUT2D eigenvalue weighted by molar-refractivity contribution is -0.117. The Kier molecular flexibility index (Phi) is 7.88. The van der Waals surface area contributed by atoms with Crippen molar-refractivity contribution in [3.05, 3.63) is 90.0 Å². The van der Waals surface area contributed by atoms with Crippen LogP contribution in [0.4, 0.5) is 4.39 Å². The van der Waals surface area contributed by atoms with Gasteiger partial charge < -0.3 is 14.8 Å². The number of rotatable bonds is 8. The van der Waals surface area contributed by atoms with Gasteiger partial charge >= 0.3 is 0 Å². The third-order valence-electron chi connectivity index (χ3n) is 5.72. The molecule has 1 aliphatic rings. The zero-order chi connectivity index (χ0) is 23.8. The number of carbonyl (C=O) groups is 1. The second kappa shape index (κ2) is 11.4. The SMILES string of the molecule is COc1cccc(CN2CCC(NC(=O)/C=C/c3ccc(Oc4cccnc4)c(F)c3)CC2)c1. The Hall–Kier alpha value is -3.71. The summed E-state index contributed by atoms with van der Waals surface area (Å²) in [6.45, 7) is 2.69. The van der Waals surface area contributed by atoms with Crippen molar-refractivity contribution in [2.45, 2.75) is 25.4 Å². The second-order valence-corrected chi connectivity index (χ2v) is 8.22. The van der Waals surface area contributed by atoms with Crippen LogP contribution in [0.5, 0.6) is 17.2 Å². The highest BCUT2D eigenvalue weighted by atomic mass is 19.1. The van der Waals surface area contributed by atoms with Crippen LogP contribution in [-0.4, -0.2) is 42.0 Å². The molecule has 1 N–H and O–H groups in total. The lowest BCUT2D eigenvalue weighted by Gasteiger charge is -2.32. The van der Waals surface area contributed by atoms with E-state index in [1.54, 1.807) is 37.6 Å². The summed E-state index contributed by atoms with van der Waals surface area (Å²) in [4.78, 5) is 18.7. The van der Waals surface area contributed by atoms with Gasteiger partial charge in [0.25, 0.3) is 0 Å². The lowest BCUT2D eigenvalue weighted by Crippen LogP contribution is -2.43. The average Bonchev–Trinajstić information content (AvgIpc) is 2.86. The molecule has 2 aromatic carbocycles. The van der Waals surface area contributed by atoms with Gasteiger partial charge in [-0.3, -0.25) is 14.7 Å². The molecule has 1 saturated heterocycles. The van der Waals surface area contributed by atoms with Gasteiger partial charge in [0.1, 0.15) is 11.5 Å². The van der Waals surface area contributed by atoms with Crippen molar-refractivity contribution in [1.82, 2.24) is 15.2 Å². The number of benzene rings is 2. The van der Waals surface area contributed by atoms with Crippen LogP contribution in [0.2, 0.25) is 0 Å². The normalized spacial score (nSPS) is 14.8. The molecule has 3 aromatic rings. The molecule has 0 aliphatic carbocycles. The highest BCUT2D eigenvalue weighted by Gasteiger charge is 2.20. The zero-order valence-corrected chi connectivity index (χ0v) is 19.1. The van der Waals surface area contributed by atoms with E-state index >= 15 is 0 Å². The minimum atomic E-state index is -0.505. The first kappa shape index (κ1) is 23.4. The zero-order valence-electron chi connectivity index (χ0n) is 19.1. The van der Waals surface area contributed by atoms with Crippen LogP contribution in [0.3, 0.4) is 0 Å². The van der Waals surface area contributed by atoms with Crippen molar-refractivity contribution < 1.29 is 18.7 Å². The number of likely N-dealkylation sites (tertiary alicyclic amines) is 1. The van der Waals surface area contributed by atoms with Gasteiger partial charge in [-0.2, -0.15) is 0 Å². The number of methoxy groups -OCH3 is 1. The van der Waals surface area contributed by atoms with E-state index in [2.05, 4.69) is 27.3 Å². The van der Waals surface area contributed by atoms with Crippen molar-refractivity contribution in [3.8, 4) is 17.2 Å². The van der Waals surface area contributed by atoms with Gasteiger partial charge in [-0.15, -0.1) is 0 Å². The number of hydrogen-bond donors (Lipinski definition) is 1. The van der Waals surface area contributed by atoms with Gasteiger partial charge in [0.15, 0.2) is 11.6 Å². The first-order valence-electron chi connectivity index (χ1n) is 11.3. The predicted molar refractivity (Wildman–Crippen MR) is 129 cm³/mol. The van der Waals surface area contributed by atoms with Crippen molar-refractivity contribution in [2.24, 2.45) is 0 Å². The number of piperidine rings is 1. The number of nitrogens with zero attached hydrogens (tertiary/aromatic N) is 2. The average molecular weight is 462 g/mol. The van der Waals surface area contributed by atoms with E-state index < -0.39 is 5.82 Å². The molecule has 0 bridgehead atoms. The topological polar surface area (TPSA) is 63.7 Å². The highest BCUT2D eigenvalue weighted by molar-refractivity contribution is 5.91. The Labute approximate surface area is 199 Å². The second-order valence-electron chi connectivity index (χ2n) is 8.22. The van der Waals surface area contributed by atoms with Gasteiger partial charge in [-0.25, -0.2) is 4.39 Å². The van der Waals surface area contributed by atoms with E-state index in [4.69, 9.17) is 9.47 Å². The minimum Gasteiger partial charge on any atom is -0.497 e. The van der Waals surface area contributed by atoms with Gasteiger partial charge in [0.2, 0.25) is 5.91 Å². The molecule has 1 aromatic heterocycles. The van der Waals surface area contributed by atoms with Gasteiger partial charge in [-0.05, 0) is 66.4 Å². The summed E-state index contributed by atoms with van der Waals surface area (Å²) in [5.41, 5.74) is 1.80. The fraction of sp³-hybridized carbons (Fsp3) is 0.259. The summed E-state index contributed by atoms with van der Waals surface area (Å²) < 4.78 is 25.2. The molecule has 6 nitrogen and oxygen atoms in total. The van der Waals surface area contributed by atoms with Crippen LogP contribution < -0.4 is 14.8 Å². The molecule has 4 rings (SSSR count). The van der Waals surface area contributed by atoms with Crippen molar-refractivity contribution in [2.75, 3.05) is 20.2 Å². The Morgan fingerprint density at radius 1 is 1.15 bits per heavy atom. The maximum Gasteiger partial charge on any atom is 0.244 e. The van der Waals surface area contributed by atoms with Crippen LogP contribution in [0.1, 0.15) is 24.0 Å². The number of pyridine rings is 1. The van der Waals surface area contributed by atoms with Crippen LogP contribution in [-0.2, 0) is 11.3 Å². The molecule has 0 atom stereocenters. The third kappa shape index (κ3) is 6.65. The van der Waals surface area contributed by atoms with E-state index in [0.29, 0.717) is 11.3 Å². The van der Waals surface area contributed by atoms with E-state index in [-0.39, 0.29) is 17.7 Å². The Morgan fingerprint density at radius 3 is 2.71 bits per heavy atom. The number of aromatic nitrogens is 1. The number of amides is 1. The smallest absolute Gasteiger partial charge is 0.244 e. The summed E-state index contributed by atoms with van der Waals surface area (Å²) in [5.74, 6) is 0.744. The van der Waals surface area contributed by atoms with Crippen LogP contribution >= 0.6 is 0 Å².